The number of rotatable bonds is 4. The SMILES string of the molecule is COCC(=O)N1CCC[C@@H]1c1ccc2c(N)c(C(=O)N(C)C)sc2n1. The van der Waals surface area contributed by atoms with Gasteiger partial charge in [0.2, 0.25) is 5.91 Å². The monoisotopic (exact) mass is 362 g/mol. The molecular formula is C17H22N4O3S. The zero-order valence-corrected chi connectivity index (χ0v) is 15.4. The van der Waals surface area contributed by atoms with Crippen molar-refractivity contribution in [1.82, 2.24) is 14.8 Å². The van der Waals surface area contributed by atoms with Crippen LogP contribution in [0.15, 0.2) is 12.1 Å². The van der Waals surface area contributed by atoms with E-state index < -0.39 is 0 Å². The van der Waals surface area contributed by atoms with E-state index in [1.165, 1.54) is 23.3 Å². The maximum atomic E-state index is 12.3. The summed E-state index contributed by atoms with van der Waals surface area (Å²) in [6.45, 7) is 0.787. The normalized spacial score (nSPS) is 17.2. The highest BCUT2D eigenvalue weighted by Gasteiger charge is 2.31. The van der Waals surface area contributed by atoms with Gasteiger partial charge >= 0.3 is 0 Å². The lowest BCUT2D eigenvalue weighted by atomic mass is 10.1. The van der Waals surface area contributed by atoms with Crippen LogP contribution in [0.3, 0.4) is 0 Å². The summed E-state index contributed by atoms with van der Waals surface area (Å²) in [5, 5.41) is 0.784. The number of anilines is 1. The molecule has 2 N–H and O–H groups in total. The topological polar surface area (TPSA) is 88.8 Å². The first kappa shape index (κ1) is 17.6. The van der Waals surface area contributed by atoms with Crippen LogP contribution >= 0.6 is 11.3 Å². The summed E-state index contributed by atoms with van der Waals surface area (Å²) in [4.78, 5) is 33.7. The number of carbonyl (C=O) groups excluding carboxylic acids is 2. The maximum Gasteiger partial charge on any atom is 0.265 e. The maximum absolute atomic E-state index is 12.3. The number of nitrogen functional groups attached to an aromatic ring is 1. The number of nitrogens with two attached hydrogens (primary N) is 1. The number of thiophene rings is 1. The molecule has 25 heavy (non-hydrogen) atoms. The Balaban J connectivity index is 1.96. The Morgan fingerprint density at radius 3 is 2.88 bits per heavy atom. The number of hydrogen-bond acceptors (Lipinski definition) is 6. The first-order chi connectivity index (χ1) is 11.9. The van der Waals surface area contributed by atoms with E-state index in [4.69, 9.17) is 15.5 Å². The van der Waals surface area contributed by atoms with Crippen LogP contribution < -0.4 is 5.73 Å². The zero-order valence-electron chi connectivity index (χ0n) is 14.6. The van der Waals surface area contributed by atoms with E-state index in [1.54, 1.807) is 14.1 Å². The molecule has 134 valence electrons. The van der Waals surface area contributed by atoms with Crippen molar-refractivity contribution in [3.8, 4) is 0 Å². The Hall–Kier alpha value is -2.19. The second kappa shape index (κ2) is 6.97. The fraction of sp³-hybridized carbons (Fsp3) is 0.471. The van der Waals surface area contributed by atoms with Gasteiger partial charge in [0.25, 0.3) is 5.91 Å². The molecule has 2 amide bonds. The third-order valence-corrected chi connectivity index (χ3v) is 5.50. The molecule has 1 aliphatic heterocycles. The first-order valence-electron chi connectivity index (χ1n) is 8.13. The molecule has 0 aromatic carbocycles. The van der Waals surface area contributed by atoms with Crippen molar-refractivity contribution in [3.05, 3.63) is 22.7 Å². The van der Waals surface area contributed by atoms with Crippen LogP contribution in [0.2, 0.25) is 0 Å². The summed E-state index contributed by atoms with van der Waals surface area (Å²) in [6.07, 6.45) is 1.81. The lowest BCUT2D eigenvalue weighted by molar-refractivity contribution is -0.136. The van der Waals surface area contributed by atoms with Crippen LogP contribution in [0.1, 0.15) is 34.2 Å². The number of likely N-dealkylation sites (tertiary alicyclic amines) is 1. The average molecular weight is 362 g/mol. The van der Waals surface area contributed by atoms with Crippen molar-refractivity contribution in [2.75, 3.05) is 40.1 Å². The quantitative estimate of drug-likeness (QED) is 0.897. The van der Waals surface area contributed by atoms with Gasteiger partial charge in [-0.2, -0.15) is 0 Å². The van der Waals surface area contributed by atoms with Gasteiger partial charge in [-0.15, -0.1) is 11.3 Å². The molecule has 0 spiro atoms. The van der Waals surface area contributed by atoms with Gasteiger partial charge in [-0.1, -0.05) is 0 Å². The Labute approximate surface area is 150 Å². The summed E-state index contributed by atoms with van der Waals surface area (Å²) in [6, 6.07) is 3.74. The fourth-order valence-corrected chi connectivity index (χ4v) is 4.26. The summed E-state index contributed by atoms with van der Waals surface area (Å²) < 4.78 is 4.97. The number of ether oxygens (including phenoxy) is 1. The Morgan fingerprint density at radius 2 is 2.20 bits per heavy atom. The fourth-order valence-electron chi connectivity index (χ4n) is 3.14. The predicted octanol–water partition coefficient (Wildman–Crippen LogP) is 1.89. The molecule has 2 aromatic heterocycles. The van der Waals surface area contributed by atoms with E-state index in [0.29, 0.717) is 17.1 Å². The molecule has 7 nitrogen and oxygen atoms in total. The van der Waals surface area contributed by atoms with Gasteiger partial charge in [0.1, 0.15) is 16.3 Å². The molecule has 3 heterocycles. The molecule has 1 atom stereocenters. The van der Waals surface area contributed by atoms with E-state index in [-0.39, 0.29) is 24.5 Å². The van der Waals surface area contributed by atoms with Crippen LogP contribution in [0, 0.1) is 0 Å². The lowest BCUT2D eigenvalue weighted by Crippen LogP contribution is -2.33. The third kappa shape index (κ3) is 3.19. The van der Waals surface area contributed by atoms with E-state index >= 15 is 0 Å². The minimum absolute atomic E-state index is 0.0268. The van der Waals surface area contributed by atoms with E-state index in [0.717, 1.165) is 28.8 Å². The summed E-state index contributed by atoms with van der Waals surface area (Å²) in [7, 11) is 4.91. The predicted molar refractivity (Wildman–Crippen MR) is 97.6 cm³/mol. The second-order valence-electron chi connectivity index (χ2n) is 6.31. The summed E-state index contributed by atoms with van der Waals surface area (Å²) in [5.41, 5.74) is 7.44. The van der Waals surface area contributed by atoms with Crippen molar-refractivity contribution < 1.29 is 14.3 Å². The van der Waals surface area contributed by atoms with Crippen LogP contribution in [-0.2, 0) is 9.53 Å². The van der Waals surface area contributed by atoms with Gasteiger partial charge in [-0.3, -0.25) is 9.59 Å². The highest BCUT2D eigenvalue weighted by molar-refractivity contribution is 7.21. The smallest absolute Gasteiger partial charge is 0.265 e. The highest BCUT2D eigenvalue weighted by atomic mass is 32.1. The van der Waals surface area contributed by atoms with E-state index in [1.807, 2.05) is 17.0 Å². The molecule has 0 aliphatic carbocycles. The molecular weight excluding hydrogens is 340 g/mol. The minimum atomic E-state index is -0.125. The van der Waals surface area contributed by atoms with E-state index in [9.17, 15) is 9.59 Å². The van der Waals surface area contributed by atoms with Gasteiger partial charge < -0.3 is 20.3 Å². The summed E-state index contributed by atoms with van der Waals surface area (Å²) >= 11 is 1.30. The van der Waals surface area contributed by atoms with Crippen molar-refractivity contribution in [3.63, 3.8) is 0 Å². The molecule has 0 bridgehead atoms. The van der Waals surface area contributed by atoms with Crippen LogP contribution in [0.4, 0.5) is 5.69 Å². The van der Waals surface area contributed by atoms with Gasteiger partial charge in [0, 0.05) is 33.1 Å². The van der Waals surface area contributed by atoms with Gasteiger partial charge in [-0.25, -0.2) is 4.98 Å². The standard InChI is InChI=1S/C17H22N4O3S/c1-20(2)17(23)15-14(18)10-6-7-11(19-16(10)25-15)12-5-4-8-21(12)13(22)9-24-3/h6-7,12H,4-5,8-9,18H2,1-3H3/t12-/m1/s1. The number of hydrogen-bond donors (Lipinski definition) is 1. The third-order valence-electron chi connectivity index (χ3n) is 4.40. The van der Waals surface area contributed by atoms with Gasteiger partial charge in [0.15, 0.2) is 0 Å². The lowest BCUT2D eigenvalue weighted by Gasteiger charge is -2.24. The molecule has 8 heteroatoms. The zero-order chi connectivity index (χ0) is 18.1. The number of methoxy groups -OCH3 is 1. The largest absolute Gasteiger partial charge is 0.397 e. The first-order valence-corrected chi connectivity index (χ1v) is 8.94. The molecule has 3 rings (SSSR count). The van der Waals surface area contributed by atoms with Crippen LogP contribution in [-0.4, -0.2) is 61.0 Å². The average Bonchev–Trinajstić information content (AvgIpc) is 3.19. The Morgan fingerprint density at radius 1 is 1.44 bits per heavy atom. The van der Waals surface area contributed by atoms with Crippen LogP contribution in [0.5, 0.6) is 0 Å². The molecule has 1 saturated heterocycles. The Bertz CT molecular complexity index is 818. The molecule has 0 unspecified atom stereocenters. The molecule has 1 fully saturated rings. The van der Waals surface area contributed by atoms with Gasteiger partial charge in [-0.05, 0) is 25.0 Å². The Kier molecular flexibility index (Phi) is 4.91. The molecule has 2 aromatic rings. The van der Waals surface area contributed by atoms with Crippen molar-refractivity contribution >= 4 is 39.1 Å². The number of aromatic nitrogens is 1. The molecule has 0 radical (unpaired) electrons. The highest BCUT2D eigenvalue weighted by Crippen LogP contribution is 2.36. The van der Waals surface area contributed by atoms with Crippen LogP contribution in [0.25, 0.3) is 10.2 Å². The number of nitrogens with zero attached hydrogens (tertiary/aromatic N) is 3. The minimum Gasteiger partial charge on any atom is -0.397 e. The van der Waals surface area contributed by atoms with Crippen molar-refractivity contribution in [2.24, 2.45) is 0 Å². The van der Waals surface area contributed by atoms with Crippen molar-refractivity contribution in [1.29, 1.82) is 0 Å². The van der Waals surface area contributed by atoms with Gasteiger partial charge in [0.05, 0.1) is 17.4 Å². The summed E-state index contributed by atoms with van der Waals surface area (Å²) in [5.74, 6) is -0.152. The number of fused-ring (bicyclic) bond motifs is 1. The van der Waals surface area contributed by atoms with E-state index in [2.05, 4.69) is 0 Å². The number of pyridine rings is 1. The second-order valence-corrected chi connectivity index (χ2v) is 7.31. The molecule has 0 saturated carbocycles. The number of carbonyl (C=O) groups is 2. The molecule has 1 aliphatic rings. The van der Waals surface area contributed by atoms with Crippen molar-refractivity contribution in [2.45, 2.75) is 18.9 Å². The number of amides is 2.